The van der Waals surface area contributed by atoms with E-state index in [0.29, 0.717) is 63.5 Å². The smallest absolute Gasteiger partial charge is 0.327 e. The number of sulfonamides is 1. The van der Waals surface area contributed by atoms with Crippen LogP contribution in [0.2, 0.25) is 0 Å². The maximum Gasteiger partial charge on any atom is 0.327 e. The maximum atomic E-state index is 13.6. The molecule has 1 fully saturated rings. The van der Waals surface area contributed by atoms with Crippen molar-refractivity contribution in [3.05, 3.63) is 45.9 Å². The van der Waals surface area contributed by atoms with Crippen molar-refractivity contribution in [1.29, 1.82) is 0 Å². The van der Waals surface area contributed by atoms with Crippen LogP contribution in [0.5, 0.6) is 6.01 Å². The van der Waals surface area contributed by atoms with Gasteiger partial charge < -0.3 is 25.1 Å². The third-order valence-corrected chi connectivity index (χ3v) is 8.96. The lowest BCUT2D eigenvalue weighted by molar-refractivity contribution is -0.139. The van der Waals surface area contributed by atoms with Crippen molar-refractivity contribution in [3.8, 4) is 6.01 Å². The van der Waals surface area contributed by atoms with Gasteiger partial charge in [0.25, 0.3) is 0 Å². The number of ether oxygens (including phenoxy) is 2. The minimum atomic E-state index is -3.28. The number of anilines is 1. The number of piperazine rings is 1. The highest BCUT2D eigenvalue weighted by molar-refractivity contribution is 7.88. The van der Waals surface area contributed by atoms with E-state index in [-0.39, 0.29) is 48.9 Å². The van der Waals surface area contributed by atoms with E-state index in [2.05, 4.69) is 15.0 Å². The predicted octanol–water partition coefficient (Wildman–Crippen LogP) is 0.592. The first kappa shape index (κ1) is 33.9. The molecule has 0 spiro atoms. The Bertz CT molecular complexity index is 1630. The summed E-state index contributed by atoms with van der Waals surface area (Å²) < 4.78 is 37.1. The van der Waals surface area contributed by atoms with Gasteiger partial charge >= 0.3 is 17.7 Å². The Balaban J connectivity index is 1.47. The monoisotopic (exact) mass is 646 g/mol. The van der Waals surface area contributed by atoms with E-state index < -0.39 is 10.0 Å². The fourth-order valence-electron chi connectivity index (χ4n) is 5.05. The van der Waals surface area contributed by atoms with Crippen molar-refractivity contribution in [1.82, 2.24) is 33.6 Å². The number of nitrogen functional groups attached to an aromatic ring is 1. The summed E-state index contributed by atoms with van der Waals surface area (Å²) in [5.41, 5.74) is 8.02. The quantitative estimate of drug-likeness (QED) is 0.174. The third-order valence-electron chi connectivity index (χ3n) is 7.65. The van der Waals surface area contributed by atoms with E-state index >= 15 is 0 Å². The standard InChI is InChI=1S/C29H42N8O7S/c1-4-5-17-44-28-32-26(30)25-27(33-28)37(29(40)31-25)12-6-11-35(19-22-9-7-21(8-10-22)18-24(39)43-2)23(38)20-34-13-15-36(16-14-34)45(3,41)42/h7-10H,4-6,11-20H2,1-3H3,(H,31,40)(H2,30,32,33). The first-order valence-corrected chi connectivity index (χ1v) is 16.8. The first-order chi connectivity index (χ1) is 21.5. The largest absolute Gasteiger partial charge is 0.469 e. The maximum absolute atomic E-state index is 13.6. The van der Waals surface area contributed by atoms with Gasteiger partial charge in [-0.3, -0.25) is 19.1 Å². The number of esters is 1. The van der Waals surface area contributed by atoms with Gasteiger partial charge in [-0.05, 0) is 24.0 Å². The van der Waals surface area contributed by atoms with Crippen LogP contribution < -0.4 is 16.2 Å². The lowest BCUT2D eigenvalue weighted by Gasteiger charge is -2.34. The van der Waals surface area contributed by atoms with Crippen LogP contribution in [0.25, 0.3) is 11.2 Å². The molecule has 3 heterocycles. The number of nitrogens with zero attached hydrogens (tertiary/aromatic N) is 6. The molecular weight excluding hydrogens is 604 g/mol. The fourth-order valence-corrected chi connectivity index (χ4v) is 5.88. The second kappa shape index (κ2) is 15.3. The number of H-pyrrole nitrogens is 1. The summed E-state index contributed by atoms with van der Waals surface area (Å²) in [6, 6.07) is 7.50. The molecule has 1 aliphatic rings. The first-order valence-electron chi connectivity index (χ1n) is 15.0. The number of aryl methyl sites for hydroxylation is 1. The van der Waals surface area contributed by atoms with Crippen LogP contribution in [0.1, 0.15) is 37.3 Å². The fraction of sp³-hybridized carbons (Fsp3) is 0.552. The van der Waals surface area contributed by atoms with Crippen LogP contribution in [0.4, 0.5) is 5.82 Å². The topological polar surface area (TPSA) is 186 Å². The summed E-state index contributed by atoms with van der Waals surface area (Å²) >= 11 is 0. The normalized spacial score (nSPS) is 14.5. The Kier molecular flexibility index (Phi) is 11.5. The predicted molar refractivity (Wildman–Crippen MR) is 168 cm³/mol. The number of hydrogen-bond donors (Lipinski definition) is 2. The molecule has 1 saturated heterocycles. The molecule has 1 aliphatic heterocycles. The summed E-state index contributed by atoms with van der Waals surface area (Å²) in [4.78, 5) is 53.0. The Morgan fingerprint density at radius 1 is 1.07 bits per heavy atom. The van der Waals surface area contributed by atoms with Crippen molar-refractivity contribution in [3.63, 3.8) is 0 Å². The van der Waals surface area contributed by atoms with Crippen molar-refractivity contribution >= 4 is 38.9 Å². The molecule has 2 aromatic heterocycles. The number of imidazole rings is 1. The lowest BCUT2D eigenvalue weighted by atomic mass is 10.1. The number of rotatable bonds is 15. The molecule has 0 unspecified atom stereocenters. The van der Waals surface area contributed by atoms with E-state index in [4.69, 9.17) is 15.2 Å². The molecular formula is C29H42N8O7S. The number of fused-ring (bicyclic) bond motifs is 1. The average Bonchev–Trinajstić information content (AvgIpc) is 3.32. The molecule has 0 saturated carbocycles. The zero-order chi connectivity index (χ0) is 32.6. The van der Waals surface area contributed by atoms with Crippen LogP contribution in [-0.2, 0) is 43.9 Å². The number of carbonyl (C=O) groups excluding carboxylic acids is 2. The molecule has 1 amide bonds. The molecule has 246 valence electrons. The number of amides is 1. The highest BCUT2D eigenvalue weighted by atomic mass is 32.2. The highest BCUT2D eigenvalue weighted by Gasteiger charge is 2.26. The number of methoxy groups -OCH3 is 1. The minimum Gasteiger partial charge on any atom is -0.469 e. The molecule has 4 rings (SSSR count). The van der Waals surface area contributed by atoms with Crippen molar-refractivity contribution in [2.24, 2.45) is 0 Å². The number of aromatic nitrogens is 4. The molecule has 45 heavy (non-hydrogen) atoms. The molecule has 0 bridgehead atoms. The third kappa shape index (κ3) is 9.25. The summed E-state index contributed by atoms with van der Waals surface area (Å²) in [6.07, 6.45) is 3.54. The number of benzene rings is 1. The van der Waals surface area contributed by atoms with Crippen LogP contribution in [-0.4, -0.2) is 113 Å². The molecule has 0 atom stereocenters. The van der Waals surface area contributed by atoms with Gasteiger partial charge in [0.15, 0.2) is 11.5 Å². The van der Waals surface area contributed by atoms with Crippen molar-refractivity contribution in [2.75, 3.05) is 65.0 Å². The van der Waals surface area contributed by atoms with E-state index in [1.165, 1.54) is 22.2 Å². The molecule has 16 heteroatoms. The Morgan fingerprint density at radius 2 is 1.76 bits per heavy atom. The van der Waals surface area contributed by atoms with Crippen molar-refractivity contribution in [2.45, 2.75) is 45.7 Å². The Morgan fingerprint density at radius 3 is 2.40 bits per heavy atom. The van der Waals surface area contributed by atoms with E-state index in [0.717, 1.165) is 24.0 Å². The number of carbonyl (C=O) groups is 2. The number of nitrogens with one attached hydrogen (secondary N) is 1. The van der Waals surface area contributed by atoms with Gasteiger partial charge in [-0.1, -0.05) is 37.6 Å². The molecule has 3 aromatic rings. The van der Waals surface area contributed by atoms with E-state index in [1.807, 2.05) is 36.1 Å². The SMILES string of the molecule is CCCCOc1nc(N)c2[nH]c(=O)n(CCCN(Cc3ccc(CC(=O)OC)cc3)C(=O)CN3CCN(S(C)(=O)=O)CC3)c2n1. The van der Waals surface area contributed by atoms with E-state index in [1.54, 1.807) is 4.90 Å². The van der Waals surface area contributed by atoms with Crippen LogP contribution in [0.3, 0.4) is 0 Å². The summed E-state index contributed by atoms with van der Waals surface area (Å²) in [6.45, 7) is 5.07. The summed E-state index contributed by atoms with van der Waals surface area (Å²) in [5, 5.41) is 0. The van der Waals surface area contributed by atoms with E-state index in [9.17, 15) is 22.8 Å². The van der Waals surface area contributed by atoms with Crippen LogP contribution in [0.15, 0.2) is 29.1 Å². The van der Waals surface area contributed by atoms with Crippen LogP contribution >= 0.6 is 0 Å². The molecule has 3 N–H and O–H groups in total. The summed E-state index contributed by atoms with van der Waals surface area (Å²) in [7, 11) is -1.94. The van der Waals surface area contributed by atoms with Gasteiger partial charge in [-0.15, -0.1) is 0 Å². The number of hydrogen-bond acceptors (Lipinski definition) is 11. The van der Waals surface area contributed by atoms with Gasteiger partial charge in [0.1, 0.15) is 5.52 Å². The molecule has 0 radical (unpaired) electrons. The van der Waals surface area contributed by atoms with Gasteiger partial charge in [0.05, 0.1) is 32.9 Å². The van der Waals surface area contributed by atoms with Gasteiger partial charge in [-0.25, -0.2) is 13.2 Å². The molecule has 15 nitrogen and oxygen atoms in total. The van der Waals surface area contributed by atoms with Gasteiger partial charge in [0.2, 0.25) is 15.9 Å². The number of nitrogens with two attached hydrogens (primary N) is 1. The van der Waals surface area contributed by atoms with Gasteiger partial charge in [-0.2, -0.15) is 14.3 Å². The number of unbranched alkanes of at least 4 members (excludes halogenated alkanes) is 1. The zero-order valence-corrected chi connectivity index (χ0v) is 26.8. The van der Waals surface area contributed by atoms with Crippen molar-refractivity contribution < 1.29 is 27.5 Å². The lowest BCUT2D eigenvalue weighted by Crippen LogP contribution is -2.51. The Hall–Kier alpha value is -4.02. The molecule has 1 aromatic carbocycles. The minimum absolute atomic E-state index is 0.102. The van der Waals surface area contributed by atoms with Gasteiger partial charge in [0, 0.05) is 45.8 Å². The summed E-state index contributed by atoms with van der Waals surface area (Å²) in [5.74, 6) is -0.341. The number of aromatic amines is 1. The zero-order valence-electron chi connectivity index (χ0n) is 26.0. The second-order valence-electron chi connectivity index (χ2n) is 11.1. The highest BCUT2D eigenvalue weighted by Crippen LogP contribution is 2.19. The average molecular weight is 647 g/mol. The second-order valence-corrected chi connectivity index (χ2v) is 13.0. The van der Waals surface area contributed by atoms with Crippen LogP contribution in [0, 0.1) is 0 Å². The molecule has 0 aliphatic carbocycles. The Labute approximate surface area is 262 Å².